The molecule has 0 heterocycles. The summed E-state index contributed by atoms with van der Waals surface area (Å²) < 4.78 is 21.1. The third-order valence-electron chi connectivity index (χ3n) is 3.68. The predicted molar refractivity (Wildman–Crippen MR) is 96.6 cm³/mol. The van der Waals surface area contributed by atoms with E-state index in [0.29, 0.717) is 40.5 Å². The Hall–Kier alpha value is -3.22. The SMILES string of the molecule is COc1ccc(OC(C)C(=O)Nc2cc(OC)ccc2OC)c(C=O)c1. The molecule has 0 aliphatic heterocycles. The van der Waals surface area contributed by atoms with Gasteiger partial charge in [-0.25, -0.2) is 0 Å². The molecule has 2 aromatic carbocycles. The van der Waals surface area contributed by atoms with Crippen LogP contribution in [0.1, 0.15) is 17.3 Å². The molecular formula is C19H21NO6. The zero-order valence-electron chi connectivity index (χ0n) is 15.1. The molecule has 1 N–H and O–H groups in total. The number of carbonyl (C=O) groups is 2. The van der Waals surface area contributed by atoms with Crippen LogP contribution in [0.25, 0.3) is 0 Å². The summed E-state index contributed by atoms with van der Waals surface area (Å²) in [6, 6.07) is 9.83. The van der Waals surface area contributed by atoms with E-state index in [4.69, 9.17) is 18.9 Å². The summed E-state index contributed by atoms with van der Waals surface area (Å²) in [5.74, 6) is 1.49. The highest BCUT2D eigenvalue weighted by Crippen LogP contribution is 2.29. The number of ether oxygens (including phenoxy) is 4. The fourth-order valence-electron chi connectivity index (χ4n) is 2.24. The van der Waals surface area contributed by atoms with Crippen molar-refractivity contribution in [1.82, 2.24) is 0 Å². The van der Waals surface area contributed by atoms with Gasteiger partial charge >= 0.3 is 0 Å². The van der Waals surface area contributed by atoms with E-state index in [0.717, 1.165) is 0 Å². The summed E-state index contributed by atoms with van der Waals surface area (Å²) in [6.07, 6.45) is -0.203. The maximum absolute atomic E-state index is 12.5. The molecule has 1 amide bonds. The molecular weight excluding hydrogens is 338 g/mol. The maximum Gasteiger partial charge on any atom is 0.265 e. The van der Waals surface area contributed by atoms with E-state index >= 15 is 0 Å². The molecule has 138 valence electrons. The summed E-state index contributed by atoms with van der Waals surface area (Å²) in [7, 11) is 4.54. The van der Waals surface area contributed by atoms with E-state index in [1.807, 2.05) is 0 Å². The van der Waals surface area contributed by atoms with Crippen LogP contribution >= 0.6 is 0 Å². The van der Waals surface area contributed by atoms with Crippen LogP contribution in [0.5, 0.6) is 23.0 Å². The molecule has 0 aliphatic rings. The van der Waals surface area contributed by atoms with Crippen molar-refractivity contribution in [2.45, 2.75) is 13.0 Å². The van der Waals surface area contributed by atoms with Crippen LogP contribution in [0.2, 0.25) is 0 Å². The molecule has 2 aromatic rings. The lowest BCUT2D eigenvalue weighted by atomic mass is 10.2. The number of aldehydes is 1. The number of rotatable bonds is 8. The molecule has 0 aliphatic carbocycles. The van der Waals surface area contributed by atoms with Crippen molar-refractivity contribution in [3.63, 3.8) is 0 Å². The van der Waals surface area contributed by atoms with Crippen molar-refractivity contribution in [3.8, 4) is 23.0 Å². The second-order valence-corrected chi connectivity index (χ2v) is 5.34. The Bertz CT molecular complexity index is 790. The number of hydrogen-bond donors (Lipinski definition) is 1. The van der Waals surface area contributed by atoms with Crippen molar-refractivity contribution >= 4 is 17.9 Å². The summed E-state index contributed by atoms with van der Waals surface area (Å²) in [5, 5.41) is 2.73. The second-order valence-electron chi connectivity index (χ2n) is 5.34. The smallest absolute Gasteiger partial charge is 0.265 e. The number of methoxy groups -OCH3 is 3. The van der Waals surface area contributed by atoms with Crippen LogP contribution in [-0.2, 0) is 4.79 Å². The number of nitrogens with one attached hydrogen (secondary N) is 1. The minimum Gasteiger partial charge on any atom is -0.497 e. The summed E-state index contributed by atoms with van der Waals surface area (Å²) in [4.78, 5) is 23.7. The fourth-order valence-corrected chi connectivity index (χ4v) is 2.24. The molecule has 7 heteroatoms. The lowest BCUT2D eigenvalue weighted by Gasteiger charge is -2.17. The van der Waals surface area contributed by atoms with Gasteiger partial charge in [-0.1, -0.05) is 0 Å². The number of benzene rings is 2. The molecule has 0 radical (unpaired) electrons. The van der Waals surface area contributed by atoms with Crippen LogP contribution < -0.4 is 24.3 Å². The normalized spacial score (nSPS) is 11.2. The first-order valence-corrected chi connectivity index (χ1v) is 7.85. The van der Waals surface area contributed by atoms with E-state index in [1.54, 1.807) is 37.3 Å². The number of anilines is 1. The zero-order valence-corrected chi connectivity index (χ0v) is 15.1. The summed E-state index contributed by atoms with van der Waals surface area (Å²) >= 11 is 0. The van der Waals surface area contributed by atoms with Crippen LogP contribution in [0.3, 0.4) is 0 Å². The van der Waals surface area contributed by atoms with Gasteiger partial charge in [-0.2, -0.15) is 0 Å². The number of amides is 1. The molecule has 0 bridgehead atoms. The van der Waals surface area contributed by atoms with Gasteiger partial charge < -0.3 is 24.3 Å². The lowest BCUT2D eigenvalue weighted by molar-refractivity contribution is -0.122. The molecule has 1 unspecified atom stereocenters. The van der Waals surface area contributed by atoms with Crippen molar-refractivity contribution in [1.29, 1.82) is 0 Å². The van der Waals surface area contributed by atoms with Gasteiger partial charge in [0.15, 0.2) is 12.4 Å². The minimum atomic E-state index is -0.849. The highest BCUT2D eigenvalue weighted by molar-refractivity contribution is 5.95. The summed E-state index contributed by atoms with van der Waals surface area (Å²) in [6.45, 7) is 1.58. The molecule has 2 rings (SSSR count). The fraction of sp³-hybridized carbons (Fsp3) is 0.263. The molecule has 1 atom stereocenters. The third-order valence-corrected chi connectivity index (χ3v) is 3.68. The molecule has 0 fully saturated rings. The van der Waals surface area contributed by atoms with Gasteiger partial charge in [-0.15, -0.1) is 0 Å². The molecule has 0 saturated carbocycles. The Balaban J connectivity index is 2.14. The first kappa shape index (κ1) is 19.1. The topological polar surface area (TPSA) is 83.1 Å². The first-order valence-electron chi connectivity index (χ1n) is 7.85. The lowest BCUT2D eigenvalue weighted by Crippen LogP contribution is -2.30. The van der Waals surface area contributed by atoms with Gasteiger partial charge in [-0.3, -0.25) is 9.59 Å². The standard InChI is InChI=1S/C19H21NO6/c1-12(26-17-7-5-14(23-2)9-13(17)11-21)19(22)20-16-10-15(24-3)6-8-18(16)25-4/h5-12H,1-4H3,(H,20,22). The largest absolute Gasteiger partial charge is 0.497 e. The predicted octanol–water partition coefficient (Wildman–Crippen LogP) is 2.93. The molecule has 0 spiro atoms. The highest BCUT2D eigenvalue weighted by atomic mass is 16.5. The Morgan fingerprint density at radius 2 is 1.58 bits per heavy atom. The van der Waals surface area contributed by atoms with Gasteiger partial charge in [0, 0.05) is 6.07 Å². The van der Waals surface area contributed by atoms with Gasteiger partial charge in [0.2, 0.25) is 0 Å². The first-order chi connectivity index (χ1) is 12.5. The van der Waals surface area contributed by atoms with Crippen molar-refractivity contribution < 1.29 is 28.5 Å². The van der Waals surface area contributed by atoms with E-state index < -0.39 is 12.0 Å². The Labute approximate surface area is 151 Å². The van der Waals surface area contributed by atoms with Gasteiger partial charge in [0.25, 0.3) is 5.91 Å². The van der Waals surface area contributed by atoms with Crippen molar-refractivity contribution in [3.05, 3.63) is 42.0 Å². The monoisotopic (exact) mass is 359 g/mol. The molecule has 26 heavy (non-hydrogen) atoms. The molecule has 0 saturated heterocycles. The van der Waals surface area contributed by atoms with Crippen molar-refractivity contribution in [2.75, 3.05) is 26.6 Å². The van der Waals surface area contributed by atoms with E-state index in [9.17, 15) is 9.59 Å². The van der Waals surface area contributed by atoms with Crippen LogP contribution in [0, 0.1) is 0 Å². The zero-order chi connectivity index (χ0) is 19.1. The average Bonchev–Trinajstić information content (AvgIpc) is 2.67. The Morgan fingerprint density at radius 1 is 0.962 bits per heavy atom. The quantitative estimate of drug-likeness (QED) is 0.730. The van der Waals surface area contributed by atoms with Crippen LogP contribution in [0.4, 0.5) is 5.69 Å². The van der Waals surface area contributed by atoms with E-state index in [2.05, 4.69) is 5.32 Å². The maximum atomic E-state index is 12.5. The minimum absolute atomic E-state index is 0.293. The summed E-state index contributed by atoms with van der Waals surface area (Å²) in [5.41, 5.74) is 0.751. The average molecular weight is 359 g/mol. The molecule has 7 nitrogen and oxygen atoms in total. The second kappa shape index (κ2) is 8.75. The number of hydrogen-bond acceptors (Lipinski definition) is 6. The van der Waals surface area contributed by atoms with Crippen LogP contribution in [-0.4, -0.2) is 39.6 Å². The van der Waals surface area contributed by atoms with Crippen LogP contribution in [0.15, 0.2) is 36.4 Å². The molecule has 0 aromatic heterocycles. The number of carbonyl (C=O) groups excluding carboxylic acids is 2. The Kier molecular flexibility index (Phi) is 6.43. The third kappa shape index (κ3) is 4.44. The van der Waals surface area contributed by atoms with E-state index in [-0.39, 0.29) is 0 Å². The van der Waals surface area contributed by atoms with Gasteiger partial charge in [0.1, 0.15) is 23.0 Å². The van der Waals surface area contributed by atoms with E-state index in [1.165, 1.54) is 27.4 Å². The van der Waals surface area contributed by atoms with Gasteiger partial charge in [-0.05, 0) is 37.3 Å². The van der Waals surface area contributed by atoms with Crippen molar-refractivity contribution in [2.24, 2.45) is 0 Å². The highest BCUT2D eigenvalue weighted by Gasteiger charge is 2.19. The Morgan fingerprint density at radius 3 is 2.15 bits per heavy atom. The van der Waals surface area contributed by atoms with Gasteiger partial charge in [0.05, 0.1) is 32.6 Å².